The highest BCUT2D eigenvalue weighted by atomic mass is 16.5. The molecule has 1 aliphatic rings. The number of rotatable bonds is 7. The first kappa shape index (κ1) is 23.5. The molecule has 36 heavy (non-hydrogen) atoms. The average molecular weight is 484 g/mol. The number of aryl methyl sites for hydroxylation is 1. The highest BCUT2D eigenvalue weighted by molar-refractivity contribution is 5.97. The number of nitrogens with one attached hydrogen (secondary N) is 1. The molecule has 2 heterocycles. The molecule has 1 amide bonds. The molecule has 1 N–H and O–H groups in total. The fourth-order valence-corrected chi connectivity index (χ4v) is 4.58. The summed E-state index contributed by atoms with van der Waals surface area (Å²) in [5.74, 6) is 1.25. The molecule has 9 nitrogen and oxygen atoms in total. The quantitative estimate of drug-likeness (QED) is 0.431. The van der Waals surface area contributed by atoms with E-state index in [-0.39, 0.29) is 5.91 Å². The molecule has 5 rings (SSSR count). The lowest BCUT2D eigenvalue weighted by atomic mass is 10.0. The van der Waals surface area contributed by atoms with Crippen LogP contribution in [0.5, 0.6) is 5.75 Å². The van der Waals surface area contributed by atoms with Crippen molar-refractivity contribution in [3.63, 3.8) is 0 Å². The number of hydrogen-bond donors (Lipinski definition) is 1. The molecule has 1 aliphatic heterocycles. The topological polar surface area (TPSA) is 88.4 Å². The average Bonchev–Trinajstić information content (AvgIpc) is 3.41. The molecule has 1 atom stereocenters. The molecule has 1 saturated heterocycles. The first-order valence-electron chi connectivity index (χ1n) is 12.0. The van der Waals surface area contributed by atoms with Crippen LogP contribution in [0.1, 0.15) is 17.2 Å². The number of ether oxygens (including phenoxy) is 1. The Hall–Kier alpha value is -4.24. The minimum Gasteiger partial charge on any atom is -0.495 e. The summed E-state index contributed by atoms with van der Waals surface area (Å²) < 4.78 is 7.23. The maximum Gasteiger partial charge on any atom is 0.250 e. The number of piperazine rings is 1. The van der Waals surface area contributed by atoms with Crippen molar-refractivity contribution in [3.8, 4) is 11.4 Å². The minimum absolute atomic E-state index is 0.0901. The maximum absolute atomic E-state index is 13.7. The van der Waals surface area contributed by atoms with Gasteiger partial charge in [0, 0.05) is 26.2 Å². The van der Waals surface area contributed by atoms with Gasteiger partial charge in [-0.2, -0.15) is 4.68 Å². The van der Waals surface area contributed by atoms with Crippen molar-refractivity contribution in [2.24, 2.45) is 0 Å². The van der Waals surface area contributed by atoms with E-state index in [9.17, 15) is 4.79 Å². The maximum atomic E-state index is 13.7. The smallest absolute Gasteiger partial charge is 0.250 e. The summed E-state index contributed by atoms with van der Waals surface area (Å²) in [7, 11) is 1.61. The fourth-order valence-electron chi connectivity index (χ4n) is 4.58. The molecule has 1 unspecified atom stereocenters. The first-order chi connectivity index (χ1) is 17.6. The Labute approximate surface area is 210 Å². The van der Waals surface area contributed by atoms with Crippen LogP contribution in [0.3, 0.4) is 0 Å². The van der Waals surface area contributed by atoms with Gasteiger partial charge in [0.15, 0.2) is 0 Å². The number of hydrogen-bond acceptors (Lipinski definition) is 7. The molecular formula is C27H29N7O2. The molecule has 0 aliphatic carbocycles. The van der Waals surface area contributed by atoms with E-state index < -0.39 is 6.04 Å². The van der Waals surface area contributed by atoms with E-state index in [1.807, 2.05) is 85.8 Å². The first-order valence-corrected chi connectivity index (χ1v) is 12.0. The van der Waals surface area contributed by atoms with E-state index in [2.05, 4.69) is 30.6 Å². The van der Waals surface area contributed by atoms with Gasteiger partial charge >= 0.3 is 0 Å². The van der Waals surface area contributed by atoms with Crippen molar-refractivity contribution in [2.75, 3.05) is 43.5 Å². The molecule has 184 valence electrons. The number of carbonyl (C=O) groups is 1. The number of carbonyl (C=O) groups excluding carboxylic acids is 1. The number of para-hydroxylation sites is 1. The van der Waals surface area contributed by atoms with E-state index in [1.54, 1.807) is 11.8 Å². The van der Waals surface area contributed by atoms with Crippen LogP contribution in [0.25, 0.3) is 5.69 Å². The van der Waals surface area contributed by atoms with Crippen LogP contribution in [0, 0.1) is 6.92 Å². The van der Waals surface area contributed by atoms with Crippen molar-refractivity contribution in [3.05, 3.63) is 90.0 Å². The fraction of sp³-hybridized carbons (Fsp3) is 0.259. The van der Waals surface area contributed by atoms with E-state index in [1.165, 1.54) is 0 Å². The van der Waals surface area contributed by atoms with E-state index in [0.717, 1.165) is 16.8 Å². The summed E-state index contributed by atoms with van der Waals surface area (Å²) in [4.78, 5) is 18.1. The van der Waals surface area contributed by atoms with Crippen LogP contribution in [0.15, 0.2) is 78.9 Å². The molecule has 0 radical (unpaired) electrons. The third kappa shape index (κ3) is 4.92. The summed E-state index contributed by atoms with van der Waals surface area (Å²) in [6, 6.07) is 25.1. The Morgan fingerprint density at radius 1 is 0.944 bits per heavy atom. The highest BCUT2D eigenvalue weighted by Crippen LogP contribution is 2.29. The highest BCUT2D eigenvalue weighted by Gasteiger charge is 2.32. The summed E-state index contributed by atoms with van der Waals surface area (Å²) in [5, 5.41) is 15.5. The molecule has 4 aromatic rings. The SMILES string of the molecule is COc1ccc(C)cc1NC(=O)C(c1ccccc1)N1CCN(c2nnnn2-c2ccccc2)CC1. The lowest BCUT2D eigenvalue weighted by molar-refractivity contribution is -0.121. The minimum atomic E-state index is -0.441. The zero-order chi connectivity index (χ0) is 24.9. The largest absolute Gasteiger partial charge is 0.495 e. The molecule has 0 bridgehead atoms. The van der Waals surface area contributed by atoms with Gasteiger partial charge in [-0.1, -0.05) is 59.7 Å². The lowest BCUT2D eigenvalue weighted by Gasteiger charge is -2.38. The summed E-state index contributed by atoms with van der Waals surface area (Å²) in [6.45, 7) is 4.74. The lowest BCUT2D eigenvalue weighted by Crippen LogP contribution is -2.50. The van der Waals surface area contributed by atoms with Crippen LogP contribution in [0.4, 0.5) is 11.6 Å². The van der Waals surface area contributed by atoms with E-state index in [4.69, 9.17) is 4.74 Å². The van der Waals surface area contributed by atoms with Crippen LogP contribution < -0.4 is 15.0 Å². The Balaban J connectivity index is 1.36. The zero-order valence-corrected chi connectivity index (χ0v) is 20.4. The molecule has 3 aromatic carbocycles. The number of benzene rings is 3. The number of amides is 1. The van der Waals surface area contributed by atoms with Crippen molar-refractivity contribution < 1.29 is 9.53 Å². The van der Waals surface area contributed by atoms with E-state index in [0.29, 0.717) is 43.6 Å². The van der Waals surface area contributed by atoms with Gasteiger partial charge in [-0.25, -0.2) is 0 Å². The number of tetrazole rings is 1. The molecule has 1 fully saturated rings. The summed E-state index contributed by atoms with van der Waals surface area (Å²) >= 11 is 0. The molecule has 0 spiro atoms. The van der Waals surface area contributed by atoms with Gasteiger partial charge in [0.1, 0.15) is 11.8 Å². The Kier molecular flexibility index (Phi) is 6.90. The second kappa shape index (κ2) is 10.6. The normalized spacial score (nSPS) is 14.9. The van der Waals surface area contributed by atoms with Crippen molar-refractivity contribution in [1.82, 2.24) is 25.1 Å². The summed E-state index contributed by atoms with van der Waals surface area (Å²) in [6.07, 6.45) is 0. The predicted molar refractivity (Wildman–Crippen MR) is 138 cm³/mol. The van der Waals surface area contributed by atoms with Crippen molar-refractivity contribution in [2.45, 2.75) is 13.0 Å². The molecule has 9 heteroatoms. The Bertz CT molecular complexity index is 1300. The second-order valence-electron chi connectivity index (χ2n) is 8.76. The second-order valence-corrected chi connectivity index (χ2v) is 8.76. The zero-order valence-electron chi connectivity index (χ0n) is 20.4. The van der Waals surface area contributed by atoms with Crippen LogP contribution in [0.2, 0.25) is 0 Å². The number of methoxy groups -OCH3 is 1. The van der Waals surface area contributed by atoms with Gasteiger partial charge in [-0.05, 0) is 52.7 Å². The van der Waals surface area contributed by atoms with Gasteiger partial charge in [-0.15, -0.1) is 0 Å². The van der Waals surface area contributed by atoms with Crippen LogP contribution in [-0.4, -0.2) is 64.3 Å². The molecule has 1 aromatic heterocycles. The Morgan fingerprint density at radius 2 is 1.64 bits per heavy atom. The van der Waals surface area contributed by atoms with Gasteiger partial charge in [-0.3, -0.25) is 9.69 Å². The molecule has 0 saturated carbocycles. The molecular weight excluding hydrogens is 454 g/mol. The number of aromatic nitrogens is 4. The van der Waals surface area contributed by atoms with Gasteiger partial charge in [0.25, 0.3) is 0 Å². The summed E-state index contributed by atoms with van der Waals surface area (Å²) in [5.41, 5.74) is 3.58. The van der Waals surface area contributed by atoms with Crippen molar-refractivity contribution >= 4 is 17.5 Å². The van der Waals surface area contributed by atoms with Gasteiger partial charge < -0.3 is 15.0 Å². The predicted octanol–water partition coefficient (Wildman–Crippen LogP) is 3.48. The van der Waals surface area contributed by atoms with E-state index >= 15 is 0 Å². The number of anilines is 2. The Morgan fingerprint density at radius 3 is 2.33 bits per heavy atom. The van der Waals surface area contributed by atoms with Crippen LogP contribution in [-0.2, 0) is 4.79 Å². The third-order valence-corrected chi connectivity index (χ3v) is 6.39. The monoisotopic (exact) mass is 483 g/mol. The van der Waals surface area contributed by atoms with Gasteiger partial charge in [0.2, 0.25) is 11.9 Å². The third-order valence-electron chi connectivity index (χ3n) is 6.39. The number of nitrogens with zero attached hydrogens (tertiary/aromatic N) is 6. The van der Waals surface area contributed by atoms with Crippen molar-refractivity contribution in [1.29, 1.82) is 0 Å². The van der Waals surface area contributed by atoms with Gasteiger partial charge in [0.05, 0.1) is 18.5 Å². The van der Waals surface area contributed by atoms with Crippen LogP contribution >= 0.6 is 0 Å². The standard InChI is InChI=1S/C27H29N7O2/c1-20-13-14-24(36-2)23(19-20)28-26(35)25(21-9-5-3-6-10-21)32-15-17-33(18-16-32)27-29-30-31-34(27)22-11-7-4-8-12-22/h3-14,19,25H,15-18H2,1-2H3,(H,28,35).